The predicted octanol–water partition coefficient (Wildman–Crippen LogP) is 3.99. The Morgan fingerprint density at radius 2 is 1.76 bits per heavy atom. The molecule has 1 amide bonds. The van der Waals surface area contributed by atoms with E-state index < -0.39 is 5.97 Å². The number of fused-ring (bicyclic) bond motifs is 2. The molecular weight excluding hydrogens is 420 g/mol. The van der Waals surface area contributed by atoms with Gasteiger partial charge in [-0.05, 0) is 55.0 Å². The van der Waals surface area contributed by atoms with Crippen molar-refractivity contribution in [3.05, 3.63) is 64.8 Å². The fourth-order valence-corrected chi connectivity index (χ4v) is 4.23. The van der Waals surface area contributed by atoms with Gasteiger partial charge in [0.15, 0.2) is 18.1 Å². The molecule has 3 aromatic rings. The number of methoxy groups -OCH3 is 2. The van der Waals surface area contributed by atoms with E-state index in [1.54, 1.807) is 26.4 Å². The summed E-state index contributed by atoms with van der Waals surface area (Å²) < 4.78 is 16.0. The summed E-state index contributed by atoms with van der Waals surface area (Å²) in [6, 6.07) is 13.0. The number of pyridine rings is 1. The van der Waals surface area contributed by atoms with E-state index in [1.807, 2.05) is 30.3 Å². The van der Waals surface area contributed by atoms with E-state index in [9.17, 15) is 9.59 Å². The monoisotopic (exact) mass is 448 g/mol. The Bertz CT molecular complexity index is 1170. The number of nitrogens with zero attached hydrogens (tertiary/aromatic N) is 1. The van der Waals surface area contributed by atoms with Crippen molar-refractivity contribution in [2.75, 3.05) is 20.8 Å². The summed E-state index contributed by atoms with van der Waals surface area (Å²) >= 11 is 0. The fourth-order valence-electron chi connectivity index (χ4n) is 4.23. The third-order valence-electron chi connectivity index (χ3n) is 5.90. The Labute approximate surface area is 193 Å². The van der Waals surface area contributed by atoms with E-state index in [1.165, 1.54) is 0 Å². The zero-order valence-electron chi connectivity index (χ0n) is 19.0. The minimum Gasteiger partial charge on any atom is -0.493 e. The van der Waals surface area contributed by atoms with Crippen molar-refractivity contribution in [2.45, 2.75) is 38.6 Å². The van der Waals surface area contributed by atoms with Crippen molar-refractivity contribution < 1.29 is 23.8 Å². The standard InChI is InChI=1S/C26H28N2O5/c1-31-22-13-12-17(14-23(22)32-2)15-27-24(29)16-33-26(30)25-18-8-4-3-5-10-20(18)28-21-11-7-6-9-19(21)25/h6-7,9,11-14H,3-5,8,10,15-16H2,1-2H3,(H,27,29). The van der Waals surface area contributed by atoms with Crippen molar-refractivity contribution in [2.24, 2.45) is 0 Å². The van der Waals surface area contributed by atoms with Crippen molar-refractivity contribution in [3.8, 4) is 11.5 Å². The van der Waals surface area contributed by atoms with Crippen LogP contribution in [0.15, 0.2) is 42.5 Å². The number of carbonyl (C=O) groups excluding carboxylic acids is 2. The molecule has 1 heterocycles. The molecule has 0 saturated carbocycles. The topological polar surface area (TPSA) is 86.8 Å². The number of hydrogen-bond acceptors (Lipinski definition) is 6. The third kappa shape index (κ3) is 5.08. The highest BCUT2D eigenvalue weighted by molar-refractivity contribution is 6.05. The molecule has 1 aromatic heterocycles. The number of amides is 1. The van der Waals surface area contributed by atoms with Gasteiger partial charge in [0.05, 0.1) is 25.3 Å². The normalized spacial score (nSPS) is 13.0. The maximum atomic E-state index is 13.1. The van der Waals surface area contributed by atoms with Gasteiger partial charge in [-0.2, -0.15) is 0 Å². The maximum absolute atomic E-state index is 13.1. The zero-order valence-corrected chi connectivity index (χ0v) is 19.0. The lowest BCUT2D eigenvalue weighted by atomic mass is 9.97. The third-order valence-corrected chi connectivity index (χ3v) is 5.90. The van der Waals surface area contributed by atoms with Gasteiger partial charge < -0.3 is 19.5 Å². The second kappa shape index (κ2) is 10.3. The second-order valence-electron chi connectivity index (χ2n) is 8.03. The van der Waals surface area contributed by atoms with Gasteiger partial charge in [0, 0.05) is 17.6 Å². The summed E-state index contributed by atoms with van der Waals surface area (Å²) in [6.45, 7) is -0.0676. The molecule has 7 heteroatoms. The smallest absolute Gasteiger partial charge is 0.339 e. The Morgan fingerprint density at radius 1 is 0.970 bits per heavy atom. The van der Waals surface area contributed by atoms with Crippen molar-refractivity contribution in [3.63, 3.8) is 0 Å². The summed E-state index contributed by atoms with van der Waals surface area (Å²) in [4.78, 5) is 30.3. The van der Waals surface area contributed by atoms with Crippen molar-refractivity contribution in [1.82, 2.24) is 10.3 Å². The average Bonchev–Trinajstić information content (AvgIpc) is 3.09. The number of carbonyl (C=O) groups is 2. The van der Waals surface area contributed by atoms with Crippen LogP contribution in [0.4, 0.5) is 0 Å². The highest BCUT2D eigenvalue weighted by atomic mass is 16.5. The molecule has 2 aromatic carbocycles. The molecule has 1 aliphatic carbocycles. The number of benzene rings is 2. The first kappa shape index (κ1) is 22.6. The summed E-state index contributed by atoms with van der Waals surface area (Å²) in [5.41, 5.74) is 4.10. The van der Waals surface area contributed by atoms with Crippen LogP contribution in [0.2, 0.25) is 0 Å². The lowest BCUT2D eigenvalue weighted by molar-refractivity contribution is -0.124. The Morgan fingerprint density at radius 3 is 2.58 bits per heavy atom. The lowest BCUT2D eigenvalue weighted by Crippen LogP contribution is -2.28. The van der Waals surface area contributed by atoms with Crippen LogP contribution in [0.5, 0.6) is 11.5 Å². The molecule has 0 aliphatic heterocycles. The van der Waals surface area contributed by atoms with E-state index >= 15 is 0 Å². The first-order chi connectivity index (χ1) is 16.1. The first-order valence-electron chi connectivity index (χ1n) is 11.2. The number of aryl methyl sites for hydroxylation is 1. The fraction of sp³-hybridized carbons (Fsp3) is 0.346. The molecule has 0 atom stereocenters. The predicted molar refractivity (Wildman–Crippen MR) is 125 cm³/mol. The van der Waals surface area contributed by atoms with Crippen LogP contribution in [-0.4, -0.2) is 37.7 Å². The highest BCUT2D eigenvalue weighted by Crippen LogP contribution is 2.29. The molecule has 0 fully saturated rings. The van der Waals surface area contributed by atoms with Crippen LogP contribution in [0, 0.1) is 0 Å². The minimum atomic E-state index is -0.479. The molecule has 0 radical (unpaired) electrons. The van der Waals surface area contributed by atoms with Crippen LogP contribution in [0.25, 0.3) is 10.9 Å². The van der Waals surface area contributed by atoms with Gasteiger partial charge in [0.2, 0.25) is 0 Å². The van der Waals surface area contributed by atoms with Crippen LogP contribution >= 0.6 is 0 Å². The van der Waals surface area contributed by atoms with Gasteiger partial charge in [0.25, 0.3) is 5.91 Å². The molecule has 0 spiro atoms. The van der Waals surface area contributed by atoms with Crippen LogP contribution in [0.1, 0.15) is 46.4 Å². The van der Waals surface area contributed by atoms with E-state index in [2.05, 4.69) is 5.32 Å². The van der Waals surface area contributed by atoms with Gasteiger partial charge in [0.1, 0.15) is 0 Å². The summed E-state index contributed by atoms with van der Waals surface area (Å²) in [5.74, 6) is 0.349. The molecular formula is C26H28N2O5. The number of aromatic nitrogens is 1. The van der Waals surface area contributed by atoms with E-state index in [4.69, 9.17) is 19.2 Å². The van der Waals surface area contributed by atoms with E-state index in [-0.39, 0.29) is 19.1 Å². The van der Waals surface area contributed by atoms with Crippen molar-refractivity contribution in [1.29, 1.82) is 0 Å². The SMILES string of the molecule is COc1ccc(CNC(=O)COC(=O)c2c3c(nc4ccccc24)CCCCC3)cc1OC. The first-order valence-corrected chi connectivity index (χ1v) is 11.2. The quantitative estimate of drug-likeness (QED) is 0.434. The molecule has 1 aliphatic rings. The number of nitrogens with one attached hydrogen (secondary N) is 1. The Hall–Kier alpha value is -3.61. The number of hydrogen-bond donors (Lipinski definition) is 1. The molecule has 4 rings (SSSR count). The Balaban J connectivity index is 1.45. The second-order valence-corrected chi connectivity index (χ2v) is 8.03. The summed E-state index contributed by atoms with van der Waals surface area (Å²) in [5, 5.41) is 3.55. The zero-order chi connectivity index (χ0) is 23.2. The number of para-hydroxylation sites is 1. The van der Waals surface area contributed by atoms with E-state index in [0.717, 1.165) is 59.8 Å². The van der Waals surface area contributed by atoms with Gasteiger partial charge in [-0.1, -0.05) is 30.7 Å². The molecule has 1 N–H and O–H groups in total. The highest BCUT2D eigenvalue weighted by Gasteiger charge is 2.23. The minimum absolute atomic E-state index is 0.282. The molecule has 7 nitrogen and oxygen atoms in total. The molecule has 0 bridgehead atoms. The number of esters is 1. The summed E-state index contributed by atoms with van der Waals surface area (Å²) in [6.07, 6.45) is 4.83. The van der Waals surface area contributed by atoms with Crippen LogP contribution in [0.3, 0.4) is 0 Å². The van der Waals surface area contributed by atoms with Gasteiger partial charge in [-0.3, -0.25) is 9.78 Å². The number of ether oxygens (including phenoxy) is 3. The molecule has 0 saturated heterocycles. The van der Waals surface area contributed by atoms with E-state index in [0.29, 0.717) is 17.1 Å². The molecule has 33 heavy (non-hydrogen) atoms. The van der Waals surface area contributed by atoms with Gasteiger partial charge in [-0.15, -0.1) is 0 Å². The van der Waals surface area contributed by atoms with Gasteiger partial charge in [-0.25, -0.2) is 4.79 Å². The maximum Gasteiger partial charge on any atom is 0.339 e. The summed E-state index contributed by atoms with van der Waals surface area (Å²) in [7, 11) is 3.13. The number of rotatable bonds is 7. The largest absolute Gasteiger partial charge is 0.493 e. The molecule has 172 valence electrons. The van der Waals surface area contributed by atoms with Crippen LogP contribution < -0.4 is 14.8 Å². The van der Waals surface area contributed by atoms with Crippen molar-refractivity contribution >= 4 is 22.8 Å². The van der Waals surface area contributed by atoms with Crippen LogP contribution in [-0.2, 0) is 28.9 Å². The van der Waals surface area contributed by atoms with Gasteiger partial charge >= 0.3 is 5.97 Å². The lowest BCUT2D eigenvalue weighted by Gasteiger charge is -2.15. The molecule has 0 unspecified atom stereocenters. The average molecular weight is 449 g/mol. The Kier molecular flexibility index (Phi) is 7.07.